The second kappa shape index (κ2) is 6.12. The Bertz CT molecular complexity index is 470. The summed E-state index contributed by atoms with van der Waals surface area (Å²) in [6.07, 6.45) is 2.16. The van der Waals surface area contributed by atoms with Gasteiger partial charge in [0.15, 0.2) is 0 Å². The van der Waals surface area contributed by atoms with E-state index in [-0.39, 0.29) is 10.9 Å². The Morgan fingerprint density at radius 1 is 1.39 bits per heavy atom. The molecule has 0 aromatic carbocycles. The highest BCUT2D eigenvalue weighted by Crippen LogP contribution is 2.12. The summed E-state index contributed by atoms with van der Waals surface area (Å²) in [6.45, 7) is 4.72. The van der Waals surface area contributed by atoms with Crippen LogP contribution < -0.4 is 16.2 Å². The molecule has 1 atom stereocenters. The molecule has 1 rings (SSSR count). The highest BCUT2D eigenvalue weighted by atomic mass is 32.2. The molecule has 1 unspecified atom stereocenters. The van der Waals surface area contributed by atoms with E-state index in [9.17, 15) is 8.42 Å². The van der Waals surface area contributed by atoms with Crippen LogP contribution in [-0.4, -0.2) is 26.0 Å². The maximum atomic E-state index is 11.1. The topological polar surface area (TPSA) is 111 Å². The molecule has 0 amide bonds. The van der Waals surface area contributed by atoms with Gasteiger partial charge in [-0.15, -0.1) is 0 Å². The van der Waals surface area contributed by atoms with E-state index in [2.05, 4.69) is 24.1 Å². The van der Waals surface area contributed by atoms with Crippen LogP contribution in [0.5, 0.6) is 0 Å². The molecule has 1 heterocycles. The molecule has 0 bridgehead atoms. The van der Waals surface area contributed by atoms with Gasteiger partial charge in [0, 0.05) is 18.8 Å². The van der Waals surface area contributed by atoms with Crippen LogP contribution in [0.2, 0.25) is 0 Å². The standard InChI is InChI=1S/C11H20N4O2S/c1-8(2)5-9(6-12)15-11-4-3-10(7-14-11)18(13,16)17/h3-4,7-9H,5-6,12H2,1-2H3,(H,14,15)(H2,13,16,17). The third-order valence-corrected chi connectivity index (χ3v) is 3.36. The van der Waals surface area contributed by atoms with E-state index in [0.29, 0.717) is 18.3 Å². The smallest absolute Gasteiger partial charge is 0.239 e. The first-order valence-electron chi connectivity index (χ1n) is 5.78. The van der Waals surface area contributed by atoms with Crippen molar-refractivity contribution in [1.82, 2.24) is 4.98 Å². The maximum absolute atomic E-state index is 11.1. The molecule has 102 valence electrons. The normalized spacial score (nSPS) is 13.6. The quantitative estimate of drug-likeness (QED) is 0.699. The van der Waals surface area contributed by atoms with Gasteiger partial charge in [0.05, 0.1) is 0 Å². The molecule has 0 aliphatic carbocycles. The van der Waals surface area contributed by atoms with Crippen molar-refractivity contribution in [2.45, 2.75) is 31.2 Å². The molecule has 7 heteroatoms. The van der Waals surface area contributed by atoms with E-state index in [0.717, 1.165) is 6.42 Å². The number of nitrogens with two attached hydrogens (primary N) is 2. The van der Waals surface area contributed by atoms with Crippen LogP contribution in [0.4, 0.5) is 5.82 Å². The number of anilines is 1. The molecule has 0 saturated heterocycles. The monoisotopic (exact) mass is 272 g/mol. The summed E-state index contributed by atoms with van der Waals surface area (Å²) in [5.74, 6) is 1.12. The van der Waals surface area contributed by atoms with Crippen molar-refractivity contribution in [1.29, 1.82) is 0 Å². The van der Waals surface area contributed by atoms with Crippen molar-refractivity contribution in [3.63, 3.8) is 0 Å². The number of primary sulfonamides is 1. The van der Waals surface area contributed by atoms with Crippen LogP contribution in [0.15, 0.2) is 23.2 Å². The van der Waals surface area contributed by atoms with Gasteiger partial charge in [0.25, 0.3) is 0 Å². The predicted octanol–water partition coefficient (Wildman–Crippen LogP) is 0.514. The van der Waals surface area contributed by atoms with Crippen molar-refractivity contribution in [3.05, 3.63) is 18.3 Å². The minimum Gasteiger partial charge on any atom is -0.366 e. The van der Waals surface area contributed by atoms with Crippen LogP contribution in [0, 0.1) is 5.92 Å². The SMILES string of the molecule is CC(C)CC(CN)Nc1ccc(S(N)(=O)=O)cn1. The van der Waals surface area contributed by atoms with Gasteiger partial charge in [-0.1, -0.05) is 13.8 Å². The second-order valence-electron chi connectivity index (χ2n) is 4.63. The van der Waals surface area contributed by atoms with Crippen molar-refractivity contribution < 1.29 is 8.42 Å². The van der Waals surface area contributed by atoms with Gasteiger partial charge in [-0.3, -0.25) is 0 Å². The maximum Gasteiger partial charge on any atom is 0.239 e. The van der Waals surface area contributed by atoms with E-state index in [4.69, 9.17) is 10.9 Å². The molecule has 1 aromatic rings. The zero-order valence-corrected chi connectivity index (χ0v) is 11.4. The first kappa shape index (κ1) is 14.9. The third kappa shape index (κ3) is 4.59. The molecular formula is C11H20N4O2S. The average molecular weight is 272 g/mol. The molecule has 0 saturated carbocycles. The van der Waals surface area contributed by atoms with Crippen molar-refractivity contribution in [2.24, 2.45) is 16.8 Å². The zero-order valence-electron chi connectivity index (χ0n) is 10.6. The Morgan fingerprint density at radius 2 is 2.06 bits per heavy atom. The fourth-order valence-corrected chi connectivity index (χ4v) is 2.08. The third-order valence-electron chi connectivity index (χ3n) is 2.46. The number of hydrogen-bond acceptors (Lipinski definition) is 5. The Kier molecular flexibility index (Phi) is 5.06. The first-order chi connectivity index (χ1) is 8.32. The summed E-state index contributed by atoms with van der Waals surface area (Å²) in [5.41, 5.74) is 5.66. The zero-order chi connectivity index (χ0) is 13.8. The Labute approximate surface area is 108 Å². The number of nitrogens with zero attached hydrogens (tertiary/aromatic N) is 1. The lowest BCUT2D eigenvalue weighted by atomic mass is 10.0. The van der Waals surface area contributed by atoms with Crippen LogP contribution in [0.3, 0.4) is 0 Å². The summed E-state index contributed by atoms with van der Waals surface area (Å²) in [6, 6.07) is 3.13. The molecule has 18 heavy (non-hydrogen) atoms. The Morgan fingerprint density at radius 3 is 2.44 bits per heavy atom. The minimum absolute atomic E-state index is 0.00112. The summed E-state index contributed by atoms with van der Waals surface area (Å²) >= 11 is 0. The van der Waals surface area contributed by atoms with Gasteiger partial charge < -0.3 is 11.1 Å². The van der Waals surface area contributed by atoms with Gasteiger partial charge in [-0.25, -0.2) is 18.5 Å². The first-order valence-corrected chi connectivity index (χ1v) is 7.33. The summed E-state index contributed by atoms with van der Waals surface area (Å²) in [7, 11) is -3.69. The second-order valence-corrected chi connectivity index (χ2v) is 6.19. The molecule has 0 aliphatic rings. The van der Waals surface area contributed by atoms with Gasteiger partial charge in [-0.2, -0.15) is 0 Å². The fourth-order valence-electron chi connectivity index (χ4n) is 1.63. The number of hydrogen-bond donors (Lipinski definition) is 3. The van der Waals surface area contributed by atoms with Crippen LogP contribution >= 0.6 is 0 Å². The van der Waals surface area contributed by atoms with Crippen molar-refractivity contribution in [3.8, 4) is 0 Å². The van der Waals surface area contributed by atoms with E-state index in [1.54, 1.807) is 6.07 Å². The molecular weight excluding hydrogens is 252 g/mol. The molecule has 0 spiro atoms. The van der Waals surface area contributed by atoms with Crippen molar-refractivity contribution >= 4 is 15.8 Å². The van der Waals surface area contributed by atoms with E-state index in [1.807, 2.05) is 0 Å². The van der Waals surface area contributed by atoms with E-state index < -0.39 is 10.0 Å². The number of sulfonamides is 1. The molecule has 0 fully saturated rings. The highest BCUT2D eigenvalue weighted by molar-refractivity contribution is 7.89. The lowest BCUT2D eigenvalue weighted by molar-refractivity contribution is 0.521. The lowest BCUT2D eigenvalue weighted by Crippen LogP contribution is -2.30. The Hall–Kier alpha value is -1.18. The van der Waals surface area contributed by atoms with Crippen LogP contribution in [0.25, 0.3) is 0 Å². The fraction of sp³-hybridized carbons (Fsp3) is 0.545. The molecule has 1 aromatic heterocycles. The Balaban J connectivity index is 2.74. The highest BCUT2D eigenvalue weighted by Gasteiger charge is 2.11. The molecule has 0 aliphatic heterocycles. The van der Waals surface area contributed by atoms with Gasteiger partial charge in [-0.05, 0) is 24.5 Å². The van der Waals surface area contributed by atoms with Crippen molar-refractivity contribution in [2.75, 3.05) is 11.9 Å². The van der Waals surface area contributed by atoms with Gasteiger partial charge >= 0.3 is 0 Å². The molecule has 6 nitrogen and oxygen atoms in total. The average Bonchev–Trinajstić information content (AvgIpc) is 2.27. The number of nitrogens with one attached hydrogen (secondary N) is 1. The van der Waals surface area contributed by atoms with Crippen LogP contribution in [-0.2, 0) is 10.0 Å². The van der Waals surface area contributed by atoms with Gasteiger partial charge in [0.1, 0.15) is 10.7 Å². The summed E-state index contributed by atoms with van der Waals surface area (Å²) in [4.78, 5) is 4.02. The molecule has 5 N–H and O–H groups in total. The van der Waals surface area contributed by atoms with E-state index in [1.165, 1.54) is 12.3 Å². The number of rotatable bonds is 6. The number of aromatic nitrogens is 1. The minimum atomic E-state index is -3.69. The number of pyridine rings is 1. The summed E-state index contributed by atoms with van der Waals surface area (Å²) < 4.78 is 22.1. The lowest BCUT2D eigenvalue weighted by Gasteiger charge is -2.19. The van der Waals surface area contributed by atoms with Gasteiger partial charge in [0.2, 0.25) is 10.0 Å². The molecule has 0 radical (unpaired) electrons. The van der Waals surface area contributed by atoms with E-state index >= 15 is 0 Å². The summed E-state index contributed by atoms with van der Waals surface area (Å²) in [5, 5.41) is 8.16. The van der Waals surface area contributed by atoms with Crippen LogP contribution in [0.1, 0.15) is 20.3 Å². The largest absolute Gasteiger partial charge is 0.366 e. The predicted molar refractivity (Wildman–Crippen MR) is 71.5 cm³/mol.